The van der Waals surface area contributed by atoms with Crippen molar-refractivity contribution in [1.82, 2.24) is 0 Å². The number of rotatable bonds is 4. The van der Waals surface area contributed by atoms with E-state index in [2.05, 4.69) is 0 Å². The molecule has 1 unspecified atom stereocenters. The molecule has 1 atom stereocenters. The second-order valence-corrected chi connectivity index (χ2v) is 2.71. The molecule has 0 aromatic heterocycles. The summed E-state index contributed by atoms with van der Waals surface area (Å²) in [7, 11) is 1.51. The molecule has 2 heteroatoms. The number of hydrogen-bond donors (Lipinski definition) is 1. The fourth-order valence-electron chi connectivity index (χ4n) is 1.05. The van der Waals surface area contributed by atoms with Crippen LogP contribution in [0.3, 0.4) is 0 Å². The number of benzene rings is 1. The molecule has 0 radical (unpaired) electrons. The summed E-state index contributed by atoms with van der Waals surface area (Å²) in [6.07, 6.45) is 0.876. The fourth-order valence-corrected chi connectivity index (χ4v) is 1.05. The zero-order valence-corrected chi connectivity index (χ0v) is 7.23. The van der Waals surface area contributed by atoms with Crippen molar-refractivity contribution in [2.45, 2.75) is 19.1 Å². The monoisotopic (exact) mass is 166 g/mol. The van der Waals surface area contributed by atoms with Crippen molar-refractivity contribution in [3.05, 3.63) is 35.9 Å². The third-order valence-corrected chi connectivity index (χ3v) is 1.79. The Kier molecular flexibility index (Phi) is 3.77. The highest BCUT2D eigenvalue weighted by molar-refractivity contribution is 5.14. The lowest BCUT2D eigenvalue weighted by atomic mass is 10.1. The maximum atomic E-state index is 9.10. The first-order chi connectivity index (χ1) is 5.83. The molecule has 0 spiro atoms. The van der Waals surface area contributed by atoms with Crippen LogP contribution >= 0.6 is 0 Å². The van der Waals surface area contributed by atoms with Gasteiger partial charge in [0.2, 0.25) is 0 Å². The molecule has 0 saturated heterocycles. The third kappa shape index (κ3) is 3.03. The Labute approximate surface area is 72.8 Å². The quantitative estimate of drug-likeness (QED) is 0.688. The van der Waals surface area contributed by atoms with Crippen molar-refractivity contribution >= 4 is 0 Å². The van der Waals surface area contributed by atoms with Gasteiger partial charge < -0.3 is 9.84 Å². The molecular formula is C10H14O2. The Morgan fingerprint density at radius 2 is 2.00 bits per heavy atom. The predicted octanol–water partition coefficient (Wildman–Crippen LogP) is 1.58. The van der Waals surface area contributed by atoms with Crippen LogP contribution in [0.15, 0.2) is 30.3 Å². The number of aliphatic hydroxyl groups excluding tert-OH is 1. The van der Waals surface area contributed by atoms with Gasteiger partial charge in [-0.2, -0.15) is 0 Å². The molecule has 0 aliphatic carbocycles. The van der Waals surface area contributed by atoms with E-state index in [-0.39, 0.29) is 0 Å². The number of ether oxygens (including phenoxy) is 1. The summed E-state index contributed by atoms with van der Waals surface area (Å²) in [5.74, 6) is 0. The first-order valence-corrected chi connectivity index (χ1v) is 4.07. The highest BCUT2D eigenvalue weighted by atomic mass is 16.6. The maximum Gasteiger partial charge on any atom is 0.154 e. The summed E-state index contributed by atoms with van der Waals surface area (Å²) in [4.78, 5) is 0. The van der Waals surface area contributed by atoms with Gasteiger partial charge in [0.15, 0.2) is 6.29 Å². The third-order valence-electron chi connectivity index (χ3n) is 1.79. The normalized spacial score (nSPS) is 12.8. The lowest BCUT2D eigenvalue weighted by Crippen LogP contribution is -2.09. The van der Waals surface area contributed by atoms with Crippen molar-refractivity contribution in [2.24, 2.45) is 0 Å². The Morgan fingerprint density at radius 3 is 2.58 bits per heavy atom. The number of hydrogen-bond acceptors (Lipinski definition) is 2. The van der Waals surface area contributed by atoms with Crippen LogP contribution in [-0.2, 0) is 11.2 Å². The van der Waals surface area contributed by atoms with Crippen molar-refractivity contribution in [3.8, 4) is 0 Å². The van der Waals surface area contributed by atoms with Gasteiger partial charge in [0, 0.05) is 13.5 Å². The van der Waals surface area contributed by atoms with Crippen LogP contribution in [0.1, 0.15) is 12.0 Å². The lowest BCUT2D eigenvalue weighted by molar-refractivity contribution is -0.0777. The molecule has 12 heavy (non-hydrogen) atoms. The van der Waals surface area contributed by atoms with Crippen LogP contribution in [0.4, 0.5) is 0 Å². The van der Waals surface area contributed by atoms with Gasteiger partial charge in [0.1, 0.15) is 0 Å². The summed E-state index contributed by atoms with van der Waals surface area (Å²) in [6.45, 7) is 0. The highest BCUT2D eigenvalue weighted by Gasteiger charge is 2.00. The van der Waals surface area contributed by atoms with E-state index in [1.54, 1.807) is 0 Å². The average Bonchev–Trinajstić information content (AvgIpc) is 2.16. The minimum absolute atomic E-state index is 0.634. The second-order valence-electron chi connectivity index (χ2n) is 2.71. The van der Waals surface area contributed by atoms with Crippen LogP contribution in [0.25, 0.3) is 0 Å². The van der Waals surface area contributed by atoms with Gasteiger partial charge in [0.05, 0.1) is 0 Å². The Balaban J connectivity index is 2.33. The van der Waals surface area contributed by atoms with E-state index in [9.17, 15) is 0 Å². The summed E-state index contributed by atoms with van der Waals surface area (Å²) in [5, 5.41) is 9.10. The first-order valence-electron chi connectivity index (χ1n) is 4.07. The molecule has 0 aliphatic heterocycles. The molecule has 0 saturated carbocycles. The Morgan fingerprint density at radius 1 is 1.33 bits per heavy atom. The molecule has 0 fully saturated rings. The molecular weight excluding hydrogens is 152 g/mol. The molecule has 1 rings (SSSR count). The lowest BCUT2D eigenvalue weighted by Gasteiger charge is -2.07. The van der Waals surface area contributed by atoms with E-state index in [1.165, 1.54) is 12.7 Å². The predicted molar refractivity (Wildman–Crippen MR) is 47.8 cm³/mol. The van der Waals surface area contributed by atoms with Gasteiger partial charge in [-0.05, 0) is 12.0 Å². The Bertz CT molecular complexity index is 208. The van der Waals surface area contributed by atoms with Crippen molar-refractivity contribution in [3.63, 3.8) is 0 Å². The van der Waals surface area contributed by atoms with Crippen LogP contribution in [0.2, 0.25) is 0 Å². The van der Waals surface area contributed by atoms with E-state index in [1.807, 2.05) is 30.3 Å². The SMILES string of the molecule is COC(O)CCc1ccccc1. The van der Waals surface area contributed by atoms with E-state index < -0.39 is 6.29 Å². The molecule has 1 N–H and O–H groups in total. The first kappa shape index (κ1) is 9.23. The zero-order chi connectivity index (χ0) is 8.81. The van der Waals surface area contributed by atoms with Gasteiger partial charge in [0.25, 0.3) is 0 Å². The largest absolute Gasteiger partial charge is 0.368 e. The summed E-state index contributed by atoms with van der Waals surface area (Å²) >= 11 is 0. The molecule has 2 nitrogen and oxygen atoms in total. The number of methoxy groups -OCH3 is 1. The minimum Gasteiger partial charge on any atom is -0.368 e. The van der Waals surface area contributed by atoms with Gasteiger partial charge in [-0.3, -0.25) is 0 Å². The summed E-state index contributed by atoms with van der Waals surface area (Å²) in [5.41, 5.74) is 1.23. The van der Waals surface area contributed by atoms with Crippen molar-refractivity contribution in [1.29, 1.82) is 0 Å². The molecule has 0 heterocycles. The molecule has 0 amide bonds. The van der Waals surface area contributed by atoms with Gasteiger partial charge >= 0.3 is 0 Å². The van der Waals surface area contributed by atoms with E-state index in [4.69, 9.17) is 9.84 Å². The van der Waals surface area contributed by atoms with Crippen LogP contribution in [-0.4, -0.2) is 18.5 Å². The smallest absolute Gasteiger partial charge is 0.154 e. The molecule has 0 aliphatic rings. The minimum atomic E-state index is -0.634. The number of aryl methyl sites for hydroxylation is 1. The molecule has 66 valence electrons. The summed E-state index contributed by atoms with van der Waals surface area (Å²) < 4.78 is 4.73. The fraction of sp³-hybridized carbons (Fsp3) is 0.400. The van der Waals surface area contributed by atoms with E-state index in [0.29, 0.717) is 6.42 Å². The van der Waals surface area contributed by atoms with E-state index in [0.717, 1.165) is 6.42 Å². The maximum absolute atomic E-state index is 9.10. The summed E-state index contributed by atoms with van der Waals surface area (Å²) in [6, 6.07) is 10.1. The van der Waals surface area contributed by atoms with Crippen molar-refractivity contribution in [2.75, 3.05) is 7.11 Å². The van der Waals surface area contributed by atoms with Crippen LogP contribution in [0.5, 0.6) is 0 Å². The molecule has 1 aromatic rings. The highest BCUT2D eigenvalue weighted by Crippen LogP contribution is 2.04. The van der Waals surface area contributed by atoms with Gasteiger partial charge in [-0.15, -0.1) is 0 Å². The number of aliphatic hydroxyl groups is 1. The standard InChI is InChI=1S/C10H14O2/c1-12-10(11)8-7-9-5-3-2-4-6-9/h2-6,10-11H,7-8H2,1H3. The second kappa shape index (κ2) is 4.91. The average molecular weight is 166 g/mol. The molecule has 0 bridgehead atoms. The molecule has 1 aromatic carbocycles. The topological polar surface area (TPSA) is 29.5 Å². The Hall–Kier alpha value is -0.860. The van der Waals surface area contributed by atoms with Gasteiger partial charge in [-0.25, -0.2) is 0 Å². The van der Waals surface area contributed by atoms with Crippen molar-refractivity contribution < 1.29 is 9.84 Å². The van der Waals surface area contributed by atoms with Crippen LogP contribution < -0.4 is 0 Å². The van der Waals surface area contributed by atoms with Gasteiger partial charge in [-0.1, -0.05) is 30.3 Å². The van der Waals surface area contributed by atoms with E-state index >= 15 is 0 Å². The van der Waals surface area contributed by atoms with Crippen LogP contribution in [0, 0.1) is 0 Å². The zero-order valence-electron chi connectivity index (χ0n) is 7.23.